The van der Waals surface area contributed by atoms with Crippen molar-refractivity contribution in [3.05, 3.63) is 0 Å². The molecule has 1 unspecified atom stereocenters. The molecule has 1 rings (SSSR count). The molecule has 0 aromatic heterocycles. The first kappa shape index (κ1) is 10.1. The van der Waals surface area contributed by atoms with Crippen LogP contribution in [0.4, 0.5) is 0 Å². The zero-order chi connectivity index (χ0) is 9.68. The molecule has 3 nitrogen and oxygen atoms in total. The minimum atomic E-state index is -0.275. The topological polar surface area (TPSA) is 46.3 Å². The van der Waals surface area contributed by atoms with Crippen molar-refractivity contribution < 1.29 is 4.79 Å². The predicted octanol–water partition coefficient (Wildman–Crippen LogP) is 0.350. The molecule has 72 valence electrons. The van der Waals surface area contributed by atoms with Gasteiger partial charge in [0, 0.05) is 19.5 Å². The molecule has 1 fully saturated rings. The normalized spacial score (nSPS) is 22.5. The van der Waals surface area contributed by atoms with Crippen LogP contribution in [0.15, 0.2) is 0 Å². The highest BCUT2D eigenvalue weighted by atomic mass is 16.2. The molecule has 0 spiro atoms. The lowest BCUT2D eigenvalue weighted by atomic mass is 10.1. The van der Waals surface area contributed by atoms with E-state index >= 15 is 0 Å². The van der Waals surface area contributed by atoms with E-state index < -0.39 is 0 Å². The Morgan fingerprint density at radius 2 is 2.46 bits per heavy atom. The van der Waals surface area contributed by atoms with Gasteiger partial charge in [-0.15, -0.1) is 11.8 Å². The summed E-state index contributed by atoms with van der Waals surface area (Å²) in [6, 6.07) is -0.275. The van der Waals surface area contributed by atoms with Gasteiger partial charge < -0.3 is 10.6 Å². The maximum atomic E-state index is 11.5. The molecule has 1 aliphatic rings. The quantitative estimate of drug-likeness (QED) is 0.623. The molecular weight excluding hydrogens is 164 g/mol. The molecule has 0 saturated carbocycles. The predicted molar refractivity (Wildman–Crippen MR) is 51.9 cm³/mol. The smallest absolute Gasteiger partial charge is 0.239 e. The number of nitrogens with two attached hydrogens (primary N) is 1. The Kier molecular flexibility index (Phi) is 3.78. The number of carbonyl (C=O) groups is 1. The zero-order valence-electron chi connectivity index (χ0n) is 8.05. The Labute approximate surface area is 79.3 Å². The highest BCUT2D eigenvalue weighted by Gasteiger charge is 2.24. The molecule has 0 radical (unpaired) electrons. The molecule has 1 amide bonds. The van der Waals surface area contributed by atoms with Crippen molar-refractivity contribution in [2.24, 2.45) is 5.73 Å². The summed E-state index contributed by atoms with van der Waals surface area (Å²) in [4.78, 5) is 13.3. The third-order valence-corrected chi connectivity index (χ3v) is 2.26. The monoisotopic (exact) mass is 180 g/mol. The number of rotatable bonds is 2. The second-order valence-electron chi connectivity index (χ2n) is 3.25. The third-order valence-electron chi connectivity index (χ3n) is 2.26. The fourth-order valence-corrected chi connectivity index (χ4v) is 1.51. The second-order valence-corrected chi connectivity index (χ2v) is 3.25. The number of hydrogen-bond donors (Lipinski definition) is 1. The van der Waals surface area contributed by atoms with Gasteiger partial charge in [0.2, 0.25) is 5.91 Å². The minimum Gasteiger partial charge on any atom is -0.340 e. The average Bonchev–Trinajstić information content (AvgIpc) is 2.13. The van der Waals surface area contributed by atoms with Gasteiger partial charge >= 0.3 is 0 Å². The Hall–Kier alpha value is -1.01. The zero-order valence-corrected chi connectivity index (χ0v) is 8.05. The van der Waals surface area contributed by atoms with Crippen LogP contribution in [0.1, 0.15) is 26.2 Å². The lowest BCUT2D eigenvalue weighted by Crippen LogP contribution is -2.48. The van der Waals surface area contributed by atoms with Gasteiger partial charge in [0.25, 0.3) is 0 Å². The Morgan fingerprint density at radius 3 is 3.15 bits per heavy atom. The molecule has 3 heteroatoms. The van der Waals surface area contributed by atoms with Crippen LogP contribution in [-0.4, -0.2) is 29.9 Å². The number of nitrogens with zero attached hydrogens (tertiary/aromatic N) is 1. The van der Waals surface area contributed by atoms with Crippen molar-refractivity contribution in [3.8, 4) is 11.8 Å². The summed E-state index contributed by atoms with van der Waals surface area (Å²) in [6.07, 6.45) is 2.61. The molecule has 0 aromatic rings. The van der Waals surface area contributed by atoms with Crippen molar-refractivity contribution in [1.29, 1.82) is 0 Å². The van der Waals surface area contributed by atoms with Gasteiger partial charge in [0.05, 0.1) is 6.04 Å². The average molecular weight is 180 g/mol. The van der Waals surface area contributed by atoms with E-state index in [0.29, 0.717) is 0 Å². The molecular formula is C10H16N2O. The summed E-state index contributed by atoms with van der Waals surface area (Å²) < 4.78 is 0. The van der Waals surface area contributed by atoms with Crippen LogP contribution in [-0.2, 0) is 4.79 Å². The number of likely N-dealkylation sites (tertiary alicyclic amines) is 1. The number of piperidine rings is 1. The van der Waals surface area contributed by atoms with E-state index in [1.54, 1.807) is 0 Å². The van der Waals surface area contributed by atoms with Crippen molar-refractivity contribution in [2.75, 3.05) is 13.1 Å². The summed E-state index contributed by atoms with van der Waals surface area (Å²) in [7, 11) is 0. The molecule has 1 aliphatic heterocycles. The standard InChI is InChI=1S/C10H16N2O/c1-2-3-4-7-12-8-5-6-9(11)10(12)13/h9H,4-8,11H2,1H3. The molecule has 2 N–H and O–H groups in total. The first-order valence-electron chi connectivity index (χ1n) is 4.69. The largest absolute Gasteiger partial charge is 0.340 e. The van der Waals surface area contributed by atoms with Crippen molar-refractivity contribution in [3.63, 3.8) is 0 Å². The number of carbonyl (C=O) groups excluding carboxylic acids is 1. The van der Waals surface area contributed by atoms with Crippen LogP contribution in [0.3, 0.4) is 0 Å². The molecule has 1 saturated heterocycles. The molecule has 1 atom stereocenters. The van der Waals surface area contributed by atoms with Gasteiger partial charge in [0.15, 0.2) is 0 Å². The van der Waals surface area contributed by atoms with E-state index in [9.17, 15) is 4.79 Å². The maximum absolute atomic E-state index is 11.5. The van der Waals surface area contributed by atoms with E-state index in [-0.39, 0.29) is 11.9 Å². The van der Waals surface area contributed by atoms with E-state index in [0.717, 1.165) is 32.4 Å². The Morgan fingerprint density at radius 1 is 1.69 bits per heavy atom. The van der Waals surface area contributed by atoms with Gasteiger partial charge in [-0.3, -0.25) is 4.79 Å². The Bertz CT molecular complexity index is 239. The SMILES string of the molecule is CC#CCCN1CCCC(N)C1=O. The molecule has 0 aromatic carbocycles. The van der Waals surface area contributed by atoms with Crippen molar-refractivity contribution in [1.82, 2.24) is 4.90 Å². The fraction of sp³-hybridized carbons (Fsp3) is 0.700. The Balaban J connectivity index is 2.38. The summed E-state index contributed by atoms with van der Waals surface area (Å²) in [5.74, 6) is 5.85. The molecule has 13 heavy (non-hydrogen) atoms. The van der Waals surface area contributed by atoms with E-state index in [2.05, 4.69) is 11.8 Å². The number of hydrogen-bond acceptors (Lipinski definition) is 2. The van der Waals surface area contributed by atoms with Crippen LogP contribution in [0.5, 0.6) is 0 Å². The van der Waals surface area contributed by atoms with Crippen LogP contribution >= 0.6 is 0 Å². The molecule has 0 bridgehead atoms. The van der Waals surface area contributed by atoms with Gasteiger partial charge in [-0.2, -0.15) is 0 Å². The minimum absolute atomic E-state index is 0.0872. The first-order chi connectivity index (χ1) is 6.25. The second kappa shape index (κ2) is 4.88. The van der Waals surface area contributed by atoms with Crippen LogP contribution in [0, 0.1) is 11.8 Å². The summed E-state index contributed by atoms with van der Waals surface area (Å²) in [5, 5.41) is 0. The van der Waals surface area contributed by atoms with E-state index in [4.69, 9.17) is 5.73 Å². The van der Waals surface area contributed by atoms with Gasteiger partial charge in [-0.25, -0.2) is 0 Å². The van der Waals surface area contributed by atoms with E-state index in [1.807, 2.05) is 11.8 Å². The summed E-state index contributed by atoms with van der Waals surface area (Å²) >= 11 is 0. The van der Waals surface area contributed by atoms with Crippen LogP contribution in [0.25, 0.3) is 0 Å². The molecule has 1 heterocycles. The van der Waals surface area contributed by atoms with Crippen LogP contribution in [0.2, 0.25) is 0 Å². The van der Waals surface area contributed by atoms with Gasteiger partial charge in [0.1, 0.15) is 0 Å². The van der Waals surface area contributed by atoms with Crippen molar-refractivity contribution >= 4 is 5.91 Å². The number of amides is 1. The van der Waals surface area contributed by atoms with Crippen LogP contribution < -0.4 is 5.73 Å². The maximum Gasteiger partial charge on any atom is 0.239 e. The third kappa shape index (κ3) is 2.74. The first-order valence-corrected chi connectivity index (χ1v) is 4.69. The van der Waals surface area contributed by atoms with Crippen molar-refractivity contribution in [2.45, 2.75) is 32.2 Å². The summed E-state index contributed by atoms with van der Waals surface area (Å²) in [5.41, 5.74) is 5.65. The van der Waals surface area contributed by atoms with Gasteiger partial charge in [-0.05, 0) is 19.8 Å². The molecule has 0 aliphatic carbocycles. The lowest BCUT2D eigenvalue weighted by Gasteiger charge is -2.29. The van der Waals surface area contributed by atoms with E-state index in [1.165, 1.54) is 0 Å². The highest BCUT2D eigenvalue weighted by Crippen LogP contribution is 2.09. The van der Waals surface area contributed by atoms with Gasteiger partial charge in [-0.1, -0.05) is 0 Å². The fourth-order valence-electron chi connectivity index (χ4n) is 1.51. The highest BCUT2D eigenvalue weighted by molar-refractivity contribution is 5.82. The summed E-state index contributed by atoms with van der Waals surface area (Å²) in [6.45, 7) is 3.38. The lowest BCUT2D eigenvalue weighted by molar-refractivity contribution is -0.134.